The summed E-state index contributed by atoms with van der Waals surface area (Å²) >= 11 is 0. The van der Waals surface area contributed by atoms with Gasteiger partial charge in [0.1, 0.15) is 17.1 Å². The maximum Gasteiger partial charge on any atom is 0.433 e. The van der Waals surface area contributed by atoms with Gasteiger partial charge < -0.3 is 10.4 Å². The van der Waals surface area contributed by atoms with E-state index in [1.807, 2.05) is 0 Å². The van der Waals surface area contributed by atoms with Crippen molar-refractivity contribution in [2.45, 2.75) is 19.0 Å². The molecule has 0 atom stereocenters. The van der Waals surface area contributed by atoms with E-state index in [-0.39, 0.29) is 11.4 Å². The van der Waals surface area contributed by atoms with E-state index in [2.05, 4.69) is 10.3 Å². The smallest absolute Gasteiger partial charge is 0.433 e. The third-order valence-corrected chi connectivity index (χ3v) is 2.67. The molecule has 0 spiro atoms. The lowest BCUT2D eigenvalue weighted by atomic mass is 10.2. The first-order valence-corrected chi connectivity index (χ1v) is 5.43. The number of carboxylic acid groups (broad SMARTS) is 1. The molecule has 0 amide bonds. The van der Waals surface area contributed by atoms with Crippen molar-refractivity contribution in [1.29, 1.82) is 0 Å². The van der Waals surface area contributed by atoms with Crippen LogP contribution < -0.4 is 5.32 Å². The van der Waals surface area contributed by atoms with Gasteiger partial charge in [-0.15, -0.1) is 0 Å². The van der Waals surface area contributed by atoms with E-state index in [0.29, 0.717) is 18.5 Å². The van der Waals surface area contributed by atoms with E-state index < -0.39 is 17.8 Å². The van der Waals surface area contributed by atoms with Gasteiger partial charge in [0.05, 0.1) is 0 Å². The van der Waals surface area contributed by atoms with Crippen molar-refractivity contribution < 1.29 is 23.1 Å². The zero-order valence-electron chi connectivity index (χ0n) is 9.29. The summed E-state index contributed by atoms with van der Waals surface area (Å²) < 4.78 is 37.4. The van der Waals surface area contributed by atoms with Crippen molar-refractivity contribution in [1.82, 2.24) is 4.98 Å². The summed E-state index contributed by atoms with van der Waals surface area (Å²) in [5.41, 5.74) is -1.34. The quantitative estimate of drug-likeness (QED) is 0.873. The summed E-state index contributed by atoms with van der Waals surface area (Å²) in [6.45, 7) is 0.453. The fraction of sp³-hybridized carbons (Fsp3) is 0.455. The van der Waals surface area contributed by atoms with Gasteiger partial charge in [0.15, 0.2) is 0 Å². The molecule has 0 aliphatic heterocycles. The van der Waals surface area contributed by atoms with Crippen molar-refractivity contribution in [3.63, 3.8) is 0 Å². The second kappa shape index (κ2) is 4.47. The Balaban J connectivity index is 2.27. The Morgan fingerprint density at radius 3 is 2.61 bits per heavy atom. The molecule has 1 aliphatic carbocycles. The molecular weight excluding hydrogens is 249 g/mol. The van der Waals surface area contributed by atoms with Crippen LogP contribution in [0, 0.1) is 5.92 Å². The summed E-state index contributed by atoms with van der Waals surface area (Å²) in [5, 5.41) is 11.6. The Morgan fingerprint density at radius 1 is 1.44 bits per heavy atom. The molecule has 18 heavy (non-hydrogen) atoms. The molecular formula is C11H11F3N2O2. The van der Waals surface area contributed by atoms with Gasteiger partial charge in [0.25, 0.3) is 0 Å². The predicted molar refractivity (Wildman–Crippen MR) is 57.4 cm³/mol. The van der Waals surface area contributed by atoms with Crippen LogP contribution in [0.25, 0.3) is 0 Å². The number of nitrogens with zero attached hydrogens (tertiary/aromatic N) is 1. The molecule has 0 radical (unpaired) electrons. The molecule has 0 saturated heterocycles. The zero-order chi connectivity index (χ0) is 13.3. The zero-order valence-corrected chi connectivity index (χ0v) is 9.29. The monoisotopic (exact) mass is 260 g/mol. The van der Waals surface area contributed by atoms with Gasteiger partial charge in [-0.3, -0.25) is 0 Å². The van der Waals surface area contributed by atoms with Crippen LogP contribution in [0.3, 0.4) is 0 Å². The highest BCUT2D eigenvalue weighted by Crippen LogP contribution is 2.31. The Kier molecular flexibility index (Phi) is 3.14. The lowest BCUT2D eigenvalue weighted by Crippen LogP contribution is -2.15. The number of carbonyl (C=O) groups is 1. The Labute approximate surface area is 101 Å². The van der Waals surface area contributed by atoms with E-state index in [4.69, 9.17) is 5.11 Å². The first-order chi connectivity index (χ1) is 8.38. The first kappa shape index (κ1) is 12.7. The van der Waals surface area contributed by atoms with E-state index in [0.717, 1.165) is 18.9 Å². The summed E-state index contributed by atoms with van der Waals surface area (Å²) in [5.74, 6) is -1.11. The lowest BCUT2D eigenvalue weighted by molar-refractivity contribution is -0.141. The molecule has 0 unspecified atom stereocenters. The number of rotatable bonds is 4. The largest absolute Gasteiger partial charge is 0.478 e. The average molecular weight is 260 g/mol. The molecule has 1 aromatic rings. The van der Waals surface area contributed by atoms with Crippen LogP contribution in [-0.4, -0.2) is 22.6 Å². The number of carboxylic acids is 1. The Morgan fingerprint density at radius 2 is 2.11 bits per heavy atom. The number of alkyl halides is 3. The molecule has 2 rings (SSSR count). The number of nitrogens with one attached hydrogen (secondary N) is 1. The van der Waals surface area contributed by atoms with E-state index in [9.17, 15) is 18.0 Å². The molecule has 1 aromatic heterocycles. The van der Waals surface area contributed by atoms with Crippen LogP contribution >= 0.6 is 0 Å². The number of pyridine rings is 1. The van der Waals surface area contributed by atoms with E-state index >= 15 is 0 Å². The highest BCUT2D eigenvalue weighted by atomic mass is 19.4. The minimum atomic E-state index is -4.58. The average Bonchev–Trinajstić information content (AvgIpc) is 3.08. The second-order valence-electron chi connectivity index (χ2n) is 4.22. The third kappa shape index (κ3) is 2.91. The van der Waals surface area contributed by atoms with Crippen LogP contribution in [0.5, 0.6) is 0 Å². The Bertz CT molecular complexity index is 470. The van der Waals surface area contributed by atoms with Gasteiger partial charge in [-0.05, 0) is 30.9 Å². The topological polar surface area (TPSA) is 62.2 Å². The number of anilines is 1. The molecule has 7 heteroatoms. The van der Waals surface area contributed by atoms with Gasteiger partial charge in [-0.2, -0.15) is 13.2 Å². The van der Waals surface area contributed by atoms with Crippen LogP contribution in [0.2, 0.25) is 0 Å². The van der Waals surface area contributed by atoms with Crippen molar-refractivity contribution in [3.8, 4) is 0 Å². The molecule has 1 aliphatic rings. The summed E-state index contributed by atoms with van der Waals surface area (Å²) in [6.07, 6.45) is -2.56. The predicted octanol–water partition coefficient (Wildman–Crippen LogP) is 2.62. The molecule has 98 valence electrons. The summed E-state index contributed by atoms with van der Waals surface area (Å²) in [7, 11) is 0. The highest BCUT2D eigenvalue weighted by Gasteiger charge is 2.33. The standard InChI is InChI=1S/C11H11F3N2O2/c12-11(13,14)8-4-3-7(10(17)18)9(16-8)15-5-6-1-2-6/h3-4,6H,1-2,5H2,(H,15,16)(H,17,18). The fourth-order valence-corrected chi connectivity index (χ4v) is 1.49. The molecule has 0 bridgehead atoms. The maximum absolute atomic E-state index is 12.5. The minimum Gasteiger partial charge on any atom is -0.478 e. The fourth-order valence-electron chi connectivity index (χ4n) is 1.49. The Hall–Kier alpha value is -1.79. The van der Waals surface area contributed by atoms with Gasteiger partial charge in [-0.25, -0.2) is 9.78 Å². The third-order valence-electron chi connectivity index (χ3n) is 2.67. The second-order valence-corrected chi connectivity index (χ2v) is 4.22. The molecule has 1 saturated carbocycles. The van der Waals surface area contributed by atoms with Crippen LogP contribution in [0.4, 0.5) is 19.0 Å². The first-order valence-electron chi connectivity index (χ1n) is 5.43. The number of aromatic nitrogens is 1. The van der Waals surface area contributed by atoms with Crippen molar-refractivity contribution in [3.05, 3.63) is 23.4 Å². The van der Waals surface area contributed by atoms with Crippen LogP contribution in [0.15, 0.2) is 12.1 Å². The van der Waals surface area contributed by atoms with Gasteiger partial charge >= 0.3 is 12.1 Å². The maximum atomic E-state index is 12.5. The molecule has 0 aromatic carbocycles. The number of aromatic carboxylic acids is 1. The van der Waals surface area contributed by atoms with E-state index in [1.54, 1.807) is 0 Å². The minimum absolute atomic E-state index is 0.218. The summed E-state index contributed by atoms with van der Waals surface area (Å²) in [6, 6.07) is 1.60. The van der Waals surface area contributed by atoms with Crippen molar-refractivity contribution in [2.75, 3.05) is 11.9 Å². The number of hydrogen-bond donors (Lipinski definition) is 2. The van der Waals surface area contributed by atoms with Gasteiger partial charge in [0.2, 0.25) is 0 Å². The molecule has 2 N–H and O–H groups in total. The molecule has 4 nitrogen and oxygen atoms in total. The number of hydrogen-bond acceptors (Lipinski definition) is 3. The van der Waals surface area contributed by atoms with Crippen molar-refractivity contribution >= 4 is 11.8 Å². The summed E-state index contributed by atoms with van der Waals surface area (Å²) in [4.78, 5) is 14.2. The lowest BCUT2D eigenvalue weighted by Gasteiger charge is -2.11. The normalized spacial score (nSPS) is 15.5. The number of halogens is 3. The van der Waals surface area contributed by atoms with Crippen molar-refractivity contribution in [2.24, 2.45) is 5.92 Å². The van der Waals surface area contributed by atoms with Gasteiger partial charge in [-0.1, -0.05) is 0 Å². The van der Waals surface area contributed by atoms with Gasteiger partial charge in [0, 0.05) is 6.54 Å². The highest BCUT2D eigenvalue weighted by molar-refractivity contribution is 5.93. The van der Waals surface area contributed by atoms with E-state index in [1.165, 1.54) is 0 Å². The SMILES string of the molecule is O=C(O)c1ccc(C(F)(F)F)nc1NCC1CC1. The molecule has 1 heterocycles. The van der Waals surface area contributed by atoms with Crippen LogP contribution in [-0.2, 0) is 6.18 Å². The van der Waals surface area contributed by atoms with Crippen LogP contribution in [0.1, 0.15) is 28.9 Å². The molecule has 1 fully saturated rings.